The molecule has 0 bridgehead atoms. The number of carbonyl (C=O) groups excluding carboxylic acids is 1. The zero-order chi connectivity index (χ0) is 21.6. The van der Waals surface area contributed by atoms with Gasteiger partial charge in [-0.05, 0) is 62.5 Å². The Morgan fingerprint density at radius 1 is 1.00 bits per heavy atom. The molecule has 0 saturated carbocycles. The first-order valence-corrected chi connectivity index (χ1v) is 11.7. The van der Waals surface area contributed by atoms with Crippen LogP contribution in [-0.4, -0.2) is 47.4 Å². The molecule has 2 fully saturated rings. The molecule has 1 amide bonds. The molecular weight excluding hydrogens is 410 g/mol. The summed E-state index contributed by atoms with van der Waals surface area (Å²) in [6.45, 7) is 3.71. The van der Waals surface area contributed by atoms with Crippen molar-refractivity contribution in [2.24, 2.45) is 5.73 Å². The molecule has 2 aromatic carbocycles. The number of amides is 1. The Hall–Kier alpha value is -2.08. The van der Waals surface area contributed by atoms with Gasteiger partial charge in [0.05, 0.1) is 6.54 Å². The number of rotatable bonds is 7. The normalized spacial score (nSPS) is 22.5. The SMILES string of the molecule is NC(=O)CN1CCCC[C@@H]2[C@H]1CCCN2Cc1cc(Cl)ccc1OCc1ccccc1. The molecule has 2 saturated heterocycles. The van der Waals surface area contributed by atoms with Gasteiger partial charge in [0.1, 0.15) is 12.4 Å². The monoisotopic (exact) mass is 441 g/mol. The van der Waals surface area contributed by atoms with Crippen molar-refractivity contribution in [2.45, 2.75) is 57.3 Å². The van der Waals surface area contributed by atoms with Gasteiger partial charge >= 0.3 is 0 Å². The van der Waals surface area contributed by atoms with Gasteiger partial charge in [0, 0.05) is 29.2 Å². The number of piperidine rings is 1. The molecular formula is C25H32ClN3O2. The third kappa shape index (κ3) is 5.79. The summed E-state index contributed by atoms with van der Waals surface area (Å²) in [4.78, 5) is 16.5. The van der Waals surface area contributed by atoms with Crippen molar-refractivity contribution < 1.29 is 9.53 Å². The number of ether oxygens (including phenoxy) is 1. The van der Waals surface area contributed by atoms with E-state index in [0.717, 1.165) is 67.2 Å². The van der Waals surface area contributed by atoms with Gasteiger partial charge in [-0.1, -0.05) is 48.4 Å². The smallest absolute Gasteiger partial charge is 0.231 e. The van der Waals surface area contributed by atoms with Gasteiger partial charge in [0.2, 0.25) is 5.91 Å². The highest BCUT2D eigenvalue weighted by molar-refractivity contribution is 6.30. The number of nitrogens with zero attached hydrogens (tertiary/aromatic N) is 2. The third-order valence-electron chi connectivity index (χ3n) is 6.51. The van der Waals surface area contributed by atoms with Gasteiger partial charge in [0.25, 0.3) is 0 Å². The molecule has 0 aliphatic carbocycles. The zero-order valence-corrected chi connectivity index (χ0v) is 18.8. The highest BCUT2D eigenvalue weighted by Crippen LogP contribution is 2.33. The van der Waals surface area contributed by atoms with Crippen LogP contribution < -0.4 is 10.5 Å². The first-order chi connectivity index (χ1) is 15.1. The molecule has 5 nitrogen and oxygen atoms in total. The van der Waals surface area contributed by atoms with Gasteiger partial charge < -0.3 is 10.5 Å². The first kappa shape index (κ1) is 22.1. The van der Waals surface area contributed by atoms with Crippen molar-refractivity contribution in [2.75, 3.05) is 19.6 Å². The van der Waals surface area contributed by atoms with E-state index in [0.29, 0.717) is 25.2 Å². The molecule has 2 heterocycles. The largest absolute Gasteiger partial charge is 0.489 e. The summed E-state index contributed by atoms with van der Waals surface area (Å²) in [5.74, 6) is 0.655. The average Bonchev–Trinajstić information content (AvgIpc) is 2.97. The maximum Gasteiger partial charge on any atom is 0.231 e. The number of hydrogen-bond donors (Lipinski definition) is 1. The van der Waals surface area contributed by atoms with Crippen molar-refractivity contribution in [1.82, 2.24) is 9.80 Å². The summed E-state index contributed by atoms with van der Waals surface area (Å²) in [6.07, 6.45) is 5.70. The maximum absolute atomic E-state index is 11.6. The van der Waals surface area contributed by atoms with E-state index in [4.69, 9.17) is 22.1 Å². The fraction of sp³-hybridized carbons (Fsp3) is 0.480. The number of benzene rings is 2. The van der Waals surface area contributed by atoms with Crippen LogP contribution in [0.5, 0.6) is 5.75 Å². The van der Waals surface area contributed by atoms with Gasteiger partial charge in [0.15, 0.2) is 0 Å². The second-order valence-corrected chi connectivity index (χ2v) is 9.14. The lowest BCUT2D eigenvalue weighted by Crippen LogP contribution is -2.55. The fourth-order valence-electron chi connectivity index (χ4n) is 5.10. The van der Waals surface area contributed by atoms with E-state index < -0.39 is 0 Å². The molecule has 2 atom stereocenters. The van der Waals surface area contributed by atoms with Crippen molar-refractivity contribution in [1.29, 1.82) is 0 Å². The highest BCUT2D eigenvalue weighted by atomic mass is 35.5. The molecule has 0 radical (unpaired) electrons. The lowest BCUT2D eigenvalue weighted by molar-refractivity contribution is -0.120. The highest BCUT2D eigenvalue weighted by Gasteiger charge is 2.37. The second-order valence-electron chi connectivity index (χ2n) is 8.71. The molecule has 6 heteroatoms. The molecule has 31 heavy (non-hydrogen) atoms. The van der Waals surface area contributed by atoms with Crippen molar-refractivity contribution in [3.8, 4) is 5.75 Å². The van der Waals surface area contributed by atoms with Crippen LogP contribution in [0, 0.1) is 0 Å². The number of hydrogen-bond acceptors (Lipinski definition) is 4. The van der Waals surface area contributed by atoms with Gasteiger partial charge in [-0.3, -0.25) is 14.6 Å². The summed E-state index contributed by atoms with van der Waals surface area (Å²) in [5.41, 5.74) is 7.81. The summed E-state index contributed by atoms with van der Waals surface area (Å²) in [7, 11) is 0. The molecule has 2 aliphatic rings. The minimum Gasteiger partial charge on any atom is -0.489 e. The minimum absolute atomic E-state index is 0.232. The van der Waals surface area contributed by atoms with E-state index >= 15 is 0 Å². The number of fused-ring (bicyclic) bond motifs is 1. The summed E-state index contributed by atoms with van der Waals surface area (Å²) in [5, 5.41) is 0.729. The van der Waals surface area contributed by atoms with Gasteiger partial charge in [-0.15, -0.1) is 0 Å². The van der Waals surface area contributed by atoms with Crippen LogP contribution in [-0.2, 0) is 17.9 Å². The number of carbonyl (C=O) groups is 1. The van der Waals surface area contributed by atoms with Crippen molar-refractivity contribution >= 4 is 17.5 Å². The molecule has 0 spiro atoms. The Bertz CT molecular complexity index is 876. The topological polar surface area (TPSA) is 58.8 Å². The Morgan fingerprint density at radius 2 is 1.74 bits per heavy atom. The van der Waals surface area contributed by atoms with Crippen LogP contribution in [0.15, 0.2) is 48.5 Å². The van der Waals surface area contributed by atoms with E-state index in [-0.39, 0.29) is 5.91 Å². The maximum atomic E-state index is 11.6. The van der Waals surface area contributed by atoms with E-state index in [1.807, 2.05) is 36.4 Å². The lowest BCUT2D eigenvalue weighted by atomic mass is 9.92. The summed E-state index contributed by atoms with van der Waals surface area (Å²) < 4.78 is 6.20. The van der Waals surface area contributed by atoms with Crippen molar-refractivity contribution in [3.63, 3.8) is 0 Å². The standard InChI is InChI=1S/C25H32ClN3O2/c26-21-11-12-24(31-18-19-7-2-1-3-8-19)20(15-21)16-28-14-6-10-23-22(28)9-4-5-13-29(23)17-25(27)30/h1-3,7-8,11-12,15,22-23H,4-6,9-10,13-14,16-18H2,(H2,27,30)/t22-,23-/m1/s1. The second kappa shape index (κ2) is 10.5. The van der Waals surface area contributed by atoms with Crippen LogP contribution in [0.25, 0.3) is 0 Å². The predicted molar refractivity (Wildman–Crippen MR) is 124 cm³/mol. The van der Waals surface area contributed by atoms with E-state index in [2.05, 4.69) is 21.9 Å². The molecule has 166 valence electrons. The average molecular weight is 442 g/mol. The number of halogens is 1. The van der Waals surface area contributed by atoms with Gasteiger partial charge in [-0.2, -0.15) is 0 Å². The third-order valence-corrected chi connectivity index (χ3v) is 6.75. The Labute approximate surface area is 190 Å². The number of primary amides is 1. The Morgan fingerprint density at radius 3 is 2.55 bits per heavy atom. The van der Waals surface area contributed by atoms with Crippen LogP contribution in [0.1, 0.15) is 43.2 Å². The number of likely N-dealkylation sites (tertiary alicyclic amines) is 2. The number of nitrogens with two attached hydrogens (primary N) is 1. The van der Waals surface area contributed by atoms with Crippen LogP contribution >= 0.6 is 11.6 Å². The van der Waals surface area contributed by atoms with E-state index in [9.17, 15) is 4.79 Å². The molecule has 2 aromatic rings. The van der Waals surface area contributed by atoms with E-state index in [1.165, 1.54) is 6.42 Å². The molecule has 2 N–H and O–H groups in total. The van der Waals surface area contributed by atoms with Crippen LogP contribution in [0.2, 0.25) is 5.02 Å². The molecule has 4 rings (SSSR count). The minimum atomic E-state index is -0.232. The van der Waals surface area contributed by atoms with Crippen LogP contribution in [0.4, 0.5) is 0 Å². The quantitative estimate of drug-likeness (QED) is 0.698. The zero-order valence-electron chi connectivity index (χ0n) is 18.0. The lowest BCUT2D eigenvalue weighted by Gasteiger charge is -2.44. The predicted octanol–water partition coefficient (Wildman–Crippen LogP) is 4.22. The van der Waals surface area contributed by atoms with E-state index in [1.54, 1.807) is 0 Å². The van der Waals surface area contributed by atoms with Gasteiger partial charge in [-0.25, -0.2) is 0 Å². The van der Waals surface area contributed by atoms with Crippen molar-refractivity contribution in [3.05, 3.63) is 64.7 Å². The molecule has 2 aliphatic heterocycles. The Kier molecular flexibility index (Phi) is 7.49. The summed E-state index contributed by atoms with van der Waals surface area (Å²) >= 11 is 6.36. The molecule has 0 aromatic heterocycles. The Balaban J connectivity index is 1.51. The fourth-order valence-corrected chi connectivity index (χ4v) is 5.29. The van der Waals surface area contributed by atoms with Crippen LogP contribution in [0.3, 0.4) is 0 Å². The molecule has 0 unspecified atom stereocenters. The first-order valence-electron chi connectivity index (χ1n) is 11.3. The summed E-state index contributed by atoms with van der Waals surface area (Å²) in [6, 6.07) is 16.9.